The predicted octanol–water partition coefficient (Wildman–Crippen LogP) is 1.82. The summed E-state index contributed by atoms with van der Waals surface area (Å²) in [5.74, 6) is 0. The fraction of sp³-hybridized carbons (Fsp3) is 0.250. The Morgan fingerprint density at radius 2 is 2.11 bits per heavy atom. The number of nitrogen functional groups attached to an aromatic ring is 1. The van der Waals surface area contributed by atoms with Crippen LogP contribution in [0.4, 0.5) is 5.69 Å². The Bertz CT molecular complexity index is 679. The Morgan fingerprint density at radius 1 is 1.37 bits per heavy atom. The predicted molar refractivity (Wildman–Crippen MR) is 76.5 cm³/mol. The van der Waals surface area contributed by atoms with Crippen molar-refractivity contribution in [3.05, 3.63) is 39.8 Å². The largest absolute Gasteiger partial charge is 0.398 e. The highest BCUT2D eigenvalue weighted by atomic mass is 32.2. The third-order valence-electron chi connectivity index (χ3n) is 2.76. The number of nitrogens with zero attached hydrogens (tertiary/aromatic N) is 1. The van der Waals surface area contributed by atoms with Gasteiger partial charge in [0.1, 0.15) is 0 Å². The van der Waals surface area contributed by atoms with Gasteiger partial charge in [0.2, 0.25) is 10.0 Å². The molecule has 0 unspecified atom stereocenters. The number of thiazole rings is 1. The van der Waals surface area contributed by atoms with E-state index in [0.29, 0.717) is 16.9 Å². The summed E-state index contributed by atoms with van der Waals surface area (Å²) in [6, 6.07) is 3.38. The van der Waals surface area contributed by atoms with Crippen LogP contribution >= 0.6 is 11.3 Å². The summed E-state index contributed by atoms with van der Waals surface area (Å²) in [4.78, 5) is 4.26. The van der Waals surface area contributed by atoms with Crippen LogP contribution in [0.1, 0.15) is 16.8 Å². The molecule has 5 nitrogen and oxygen atoms in total. The first-order chi connectivity index (χ1) is 8.90. The van der Waals surface area contributed by atoms with Crippen LogP contribution in [0.2, 0.25) is 0 Å². The van der Waals surface area contributed by atoms with E-state index in [-0.39, 0.29) is 11.4 Å². The van der Waals surface area contributed by atoms with Crippen molar-refractivity contribution in [2.75, 3.05) is 5.73 Å². The number of rotatable bonds is 4. The standard InChI is InChI=1S/C12H15N3O2S2/c1-8-3-11(13)9(2)12(4-8)19(16,17)15-5-10-6-18-7-14-10/h3-4,6-7,15H,5,13H2,1-2H3. The number of hydrogen-bond acceptors (Lipinski definition) is 5. The number of sulfonamides is 1. The number of benzene rings is 1. The van der Waals surface area contributed by atoms with Gasteiger partial charge in [-0.1, -0.05) is 0 Å². The van der Waals surface area contributed by atoms with Gasteiger partial charge in [0.15, 0.2) is 0 Å². The van der Waals surface area contributed by atoms with Crippen molar-refractivity contribution in [2.24, 2.45) is 0 Å². The minimum Gasteiger partial charge on any atom is -0.398 e. The number of aryl methyl sites for hydroxylation is 1. The molecule has 0 saturated carbocycles. The lowest BCUT2D eigenvalue weighted by Gasteiger charge is -2.11. The molecular weight excluding hydrogens is 282 g/mol. The second-order valence-corrected chi connectivity index (χ2v) is 6.74. The third kappa shape index (κ3) is 3.12. The molecule has 0 saturated heterocycles. The molecular formula is C12H15N3O2S2. The van der Waals surface area contributed by atoms with Crippen LogP contribution in [0.5, 0.6) is 0 Å². The van der Waals surface area contributed by atoms with E-state index in [0.717, 1.165) is 5.56 Å². The van der Waals surface area contributed by atoms with Gasteiger partial charge in [-0.25, -0.2) is 18.1 Å². The van der Waals surface area contributed by atoms with Crippen LogP contribution in [0.15, 0.2) is 27.9 Å². The van der Waals surface area contributed by atoms with Crippen molar-refractivity contribution in [2.45, 2.75) is 25.3 Å². The van der Waals surface area contributed by atoms with Gasteiger partial charge in [-0.15, -0.1) is 11.3 Å². The first-order valence-electron chi connectivity index (χ1n) is 5.63. The Labute approximate surface area is 116 Å². The van der Waals surface area contributed by atoms with E-state index < -0.39 is 10.0 Å². The van der Waals surface area contributed by atoms with Gasteiger partial charge >= 0.3 is 0 Å². The van der Waals surface area contributed by atoms with Gasteiger partial charge < -0.3 is 5.73 Å². The lowest BCUT2D eigenvalue weighted by atomic mass is 10.1. The molecule has 0 fully saturated rings. The van der Waals surface area contributed by atoms with Crippen LogP contribution in [0.3, 0.4) is 0 Å². The lowest BCUT2D eigenvalue weighted by molar-refractivity contribution is 0.580. The van der Waals surface area contributed by atoms with Gasteiger partial charge in [0, 0.05) is 11.1 Å². The summed E-state index contributed by atoms with van der Waals surface area (Å²) in [5, 5.41) is 1.81. The summed E-state index contributed by atoms with van der Waals surface area (Å²) in [7, 11) is -3.58. The van der Waals surface area contributed by atoms with Crippen molar-refractivity contribution in [1.29, 1.82) is 0 Å². The lowest BCUT2D eigenvalue weighted by Crippen LogP contribution is -2.24. The summed E-state index contributed by atoms with van der Waals surface area (Å²) in [6.07, 6.45) is 0. The average Bonchev–Trinajstić information content (AvgIpc) is 2.84. The first kappa shape index (κ1) is 14.0. The molecule has 7 heteroatoms. The third-order valence-corrected chi connectivity index (χ3v) is 4.92. The Hall–Kier alpha value is -1.44. The molecule has 19 heavy (non-hydrogen) atoms. The van der Waals surface area contributed by atoms with Gasteiger partial charge in [-0.2, -0.15) is 0 Å². The molecule has 0 spiro atoms. The minimum absolute atomic E-state index is 0.180. The Morgan fingerprint density at radius 3 is 2.74 bits per heavy atom. The fourth-order valence-corrected chi connectivity index (χ4v) is 3.62. The number of hydrogen-bond donors (Lipinski definition) is 2. The second-order valence-electron chi connectivity index (χ2n) is 4.28. The highest BCUT2D eigenvalue weighted by molar-refractivity contribution is 7.89. The molecule has 0 bridgehead atoms. The quantitative estimate of drug-likeness (QED) is 0.843. The van der Waals surface area contributed by atoms with Gasteiger partial charge in [-0.05, 0) is 37.1 Å². The van der Waals surface area contributed by atoms with E-state index in [2.05, 4.69) is 9.71 Å². The van der Waals surface area contributed by atoms with Crippen molar-refractivity contribution in [1.82, 2.24) is 9.71 Å². The van der Waals surface area contributed by atoms with Crippen LogP contribution in [0, 0.1) is 13.8 Å². The van der Waals surface area contributed by atoms with E-state index in [1.165, 1.54) is 11.3 Å². The van der Waals surface area contributed by atoms with Crippen LogP contribution in [-0.4, -0.2) is 13.4 Å². The van der Waals surface area contributed by atoms with E-state index in [4.69, 9.17) is 5.73 Å². The number of aromatic nitrogens is 1. The molecule has 1 heterocycles. The molecule has 2 aromatic rings. The smallest absolute Gasteiger partial charge is 0.241 e. The Kier molecular flexibility index (Phi) is 3.88. The molecule has 1 aromatic carbocycles. The molecule has 0 aliphatic carbocycles. The van der Waals surface area contributed by atoms with E-state index in [1.807, 2.05) is 6.92 Å². The zero-order valence-corrected chi connectivity index (χ0v) is 12.3. The second kappa shape index (κ2) is 5.28. The fourth-order valence-electron chi connectivity index (χ4n) is 1.70. The van der Waals surface area contributed by atoms with Crippen molar-refractivity contribution >= 4 is 27.0 Å². The summed E-state index contributed by atoms with van der Waals surface area (Å²) in [5.41, 5.74) is 10.0. The molecule has 1 aromatic heterocycles. The normalized spacial score (nSPS) is 11.7. The van der Waals surface area contributed by atoms with Crippen molar-refractivity contribution in [3.8, 4) is 0 Å². The van der Waals surface area contributed by atoms with Crippen LogP contribution < -0.4 is 10.5 Å². The maximum Gasteiger partial charge on any atom is 0.241 e. The van der Waals surface area contributed by atoms with E-state index in [1.54, 1.807) is 29.9 Å². The van der Waals surface area contributed by atoms with Crippen LogP contribution in [-0.2, 0) is 16.6 Å². The maximum absolute atomic E-state index is 12.3. The zero-order chi connectivity index (χ0) is 14.0. The first-order valence-corrected chi connectivity index (χ1v) is 8.06. The van der Waals surface area contributed by atoms with Gasteiger partial charge in [0.05, 0.1) is 22.6 Å². The topological polar surface area (TPSA) is 85.1 Å². The monoisotopic (exact) mass is 297 g/mol. The van der Waals surface area contributed by atoms with Gasteiger partial charge in [-0.3, -0.25) is 0 Å². The molecule has 2 rings (SSSR count). The molecule has 3 N–H and O–H groups in total. The molecule has 0 aliphatic heterocycles. The van der Waals surface area contributed by atoms with Gasteiger partial charge in [0.25, 0.3) is 0 Å². The summed E-state index contributed by atoms with van der Waals surface area (Å²) >= 11 is 1.43. The highest BCUT2D eigenvalue weighted by Crippen LogP contribution is 2.23. The maximum atomic E-state index is 12.3. The summed E-state index contributed by atoms with van der Waals surface area (Å²) < 4.78 is 27.1. The number of nitrogens with one attached hydrogen (secondary N) is 1. The van der Waals surface area contributed by atoms with E-state index >= 15 is 0 Å². The minimum atomic E-state index is -3.58. The molecule has 0 amide bonds. The molecule has 0 radical (unpaired) electrons. The number of anilines is 1. The Balaban J connectivity index is 2.29. The molecule has 0 aliphatic rings. The SMILES string of the molecule is Cc1cc(N)c(C)c(S(=O)(=O)NCc2cscn2)c1. The van der Waals surface area contributed by atoms with Crippen molar-refractivity contribution < 1.29 is 8.42 Å². The average molecular weight is 297 g/mol. The molecule has 102 valence electrons. The van der Waals surface area contributed by atoms with Crippen LogP contribution in [0.25, 0.3) is 0 Å². The summed E-state index contributed by atoms with van der Waals surface area (Å²) in [6.45, 7) is 3.69. The highest BCUT2D eigenvalue weighted by Gasteiger charge is 2.18. The van der Waals surface area contributed by atoms with E-state index in [9.17, 15) is 8.42 Å². The zero-order valence-electron chi connectivity index (χ0n) is 10.7. The number of nitrogens with two attached hydrogens (primary N) is 1. The van der Waals surface area contributed by atoms with Crippen molar-refractivity contribution in [3.63, 3.8) is 0 Å². The molecule has 0 atom stereocenters.